The summed E-state index contributed by atoms with van der Waals surface area (Å²) in [7, 11) is -3.12. The summed E-state index contributed by atoms with van der Waals surface area (Å²) < 4.78 is 30.2. The fourth-order valence-electron chi connectivity index (χ4n) is 4.12. The Labute approximate surface area is 175 Å². The number of amides is 1. The smallest absolute Gasteiger partial charge is 0.226 e. The van der Waals surface area contributed by atoms with Crippen LogP contribution in [0.3, 0.4) is 0 Å². The van der Waals surface area contributed by atoms with E-state index in [0.29, 0.717) is 25.6 Å². The van der Waals surface area contributed by atoms with Gasteiger partial charge in [0, 0.05) is 13.1 Å². The molecule has 5 nitrogen and oxygen atoms in total. The molecule has 0 aromatic heterocycles. The molecule has 162 valence electrons. The quantitative estimate of drug-likeness (QED) is 0.696. The topological polar surface area (TPSA) is 63.7 Å². The van der Waals surface area contributed by atoms with Crippen molar-refractivity contribution in [2.24, 2.45) is 5.92 Å². The van der Waals surface area contributed by atoms with Gasteiger partial charge in [0.2, 0.25) is 5.91 Å². The highest BCUT2D eigenvalue weighted by atomic mass is 32.2. The summed E-state index contributed by atoms with van der Waals surface area (Å²) in [5.74, 6) is 1.33. The van der Waals surface area contributed by atoms with Crippen molar-refractivity contribution < 1.29 is 17.9 Å². The van der Waals surface area contributed by atoms with Crippen LogP contribution in [0.4, 0.5) is 0 Å². The van der Waals surface area contributed by atoms with Crippen LogP contribution in [-0.4, -0.2) is 48.9 Å². The van der Waals surface area contributed by atoms with Gasteiger partial charge in [-0.15, -0.1) is 0 Å². The lowest BCUT2D eigenvalue weighted by molar-refractivity contribution is -0.131. The minimum Gasteiger partial charge on any atom is -0.490 e. The van der Waals surface area contributed by atoms with Gasteiger partial charge in [-0.2, -0.15) is 0 Å². The molecule has 0 atom stereocenters. The molecular formula is C23H35NO4S. The van der Waals surface area contributed by atoms with Crippen LogP contribution in [0.1, 0.15) is 64.9 Å². The van der Waals surface area contributed by atoms with Crippen molar-refractivity contribution in [2.45, 2.75) is 76.6 Å². The first kappa shape index (κ1) is 22.1. The van der Waals surface area contributed by atoms with Crippen molar-refractivity contribution in [1.82, 2.24) is 4.90 Å². The molecule has 0 radical (unpaired) electrons. The molecule has 0 spiro atoms. The maximum absolute atomic E-state index is 12.7. The molecule has 0 N–H and O–H groups in total. The van der Waals surface area contributed by atoms with E-state index in [1.54, 1.807) is 20.8 Å². The molecular weight excluding hydrogens is 386 g/mol. The lowest BCUT2D eigenvalue weighted by Crippen LogP contribution is -2.42. The number of rotatable bonds is 6. The van der Waals surface area contributed by atoms with Gasteiger partial charge in [-0.1, -0.05) is 12.1 Å². The Hall–Kier alpha value is -1.56. The minimum absolute atomic E-state index is 0.111. The van der Waals surface area contributed by atoms with Crippen molar-refractivity contribution >= 4 is 15.7 Å². The van der Waals surface area contributed by atoms with Crippen molar-refractivity contribution in [1.29, 1.82) is 0 Å². The number of sulfone groups is 1. The lowest BCUT2D eigenvalue weighted by atomic mass is 9.98. The highest BCUT2D eigenvalue weighted by Crippen LogP contribution is 2.27. The zero-order valence-corrected chi connectivity index (χ0v) is 18.8. The average molecular weight is 422 g/mol. The summed E-state index contributed by atoms with van der Waals surface area (Å²) in [4.78, 5) is 14.6. The third kappa shape index (κ3) is 5.97. The highest BCUT2D eigenvalue weighted by molar-refractivity contribution is 7.92. The van der Waals surface area contributed by atoms with Crippen LogP contribution in [0, 0.1) is 5.92 Å². The second-order valence-electron chi connectivity index (χ2n) is 9.57. The summed E-state index contributed by atoms with van der Waals surface area (Å²) in [6.45, 7) is 6.55. The third-order valence-corrected chi connectivity index (χ3v) is 8.99. The first-order valence-corrected chi connectivity index (χ1v) is 12.5. The van der Waals surface area contributed by atoms with Gasteiger partial charge < -0.3 is 9.64 Å². The number of likely N-dealkylation sites (tertiary alicyclic amines) is 1. The first-order valence-electron chi connectivity index (χ1n) is 10.9. The van der Waals surface area contributed by atoms with Crippen molar-refractivity contribution in [2.75, 3.05) is 18.8 Å². The lowest BCUT2D eigenvalue weighted by Gasteiger charge is -2.33. The van der Waals surface area contributed by atoms with Crippen LogP contribution in [0.15, 0.2) is 24.3 Å². The summed E-state index contributed by atoms with van der Waals surface area (Å²) in [5, 5.41) is 0. The van der Waals surface area contributed by atoms with E-state index in [2.05, 4.69) is 0 Å². The van der Waals surface area contributed by atoms with Crippen LogP contribution in [0.25, 0.3) is 0 Å². The first-order chi connectivity index (χ1) is 13.6. The van der Waals surface area contributed by atoms with E-state index in [1.165, 1.54) is 12.8 Å². The van der Waals surface area contributed by atoms with E-state index in [-0.39, 0.29) is 17.6 Å². The van der Waals surface area contributed by atoms with Gasteiger partial charge in [-0.25, -0.2) is 8.42 Å². The predicted molar refractivity (Wildman–Crippen MR) is 116 cm³/mol. The Morgan fingerprint density at radius 3 is 2.38 bits per heavy atom. The number of benzene rings is 1. The monoisotopic (exact) mass is 421 g/mol. The normalized spacial score (nSPS) is 19.5. The molecule has 3 rings (SSSR count). The largest absolute Gasteiger partial charge is 0.490 e. The standard InChI is InChI=1S/C23H35NO4S/c1-23(2,3)29(26,27)17-18-11-13-24(14-12-18)22(25)16-19-7-6-10-21(15-19)28-20-8-4-5-9-20/h6-7,10,15,18,20H,4-5,8-9,11-14,16-17H2,1-3H3. The van der Waals surface area contributed by atoms with Crippen molar-refractivity contribution in [3.8, 4) is 5.75 Å². The third-order valence-electron chi connectivity index (χ3n) is 6.21. The van der Waals surface area contributed by atoms with Crippen LogP contribution in [0.5, 0.6) is 5.75 Å². The Bertz CT molecular complexity index is 798. The summed E-state index contributed by atoms with van der Waals surface area (Å²) in [5.41, 5.74) is 0.975. The predicted octanol–water partition coefficient (Wildman–Crippen LogP) is 4.00. The molecule has 29 heavy (non-hydrogen) atoms. The summed E-state index contributed by atoms with van der Waals surface area (Å²) in [6.07, 6.45) is 6.88. The van der Waals surface area contributed by atoms with Gasteiger partial charge in [0.05, 0.1) is 23.0 Å². The molecule has 1 aromatic rings. The number of carbonyl (C=O) groups excluding carboxylic acids is 1. The maximum Gasteiger partial charge on any atom is 0.226 e. The van der Waals surface area contributed by atoms with Crippen LogP contribution < -0.4 is 4.74 Å². The van der Waals surface area contributed by atoms with E-state index in [9.17, 15) is 13.2 Å². The van der Waals surface area contributed by atoms with E-state index in [4.69, 9.17) is 4.74 Å². The van der Waals surface area contributed by atoms with E-state index >= 15 is 0 Å². The SMILES string of the molecule is CC(C)(C)S(=O)(=O)CC1CCN(C(=O)Cc2cccc(OC3CCCC3)c2)CC1. The molecule has 0 bridgehead atoms. The maximum atomic E-state index is 12.7. The second-order valence-corrected chi connectivity index (χ2v) is 12.4. The van der Waals surface area contributed by atoms with Crippen molar-refractivity contribution in [3.05, 3.63) is 29.8 Å². The molecule has 1 saturated carbocycles. The van der Waals surface area contributed by atoms with Gasteiger partial charge in [0.15, 0.2) is 9.84 Å². The molecule has 0 unspecified atom stereocenters. The van der Waals surface area contributed by atoms with E-state index < -0.39 is 14.6 Å². The van der Waals surface area contributed by atoms with Gasteiger partial charge in [-0.05, 0) is 82.9 Å². The molecule has 1 aliphatic heterocycles. The zero-order chi connectivity index (χ0) is 21.1. The van der Waals surface area contributed by atoms with E-state index in [0.717, 1.165) is 37.0 Å². The fraction of sp³-hybridized carbons (Fsp3) is 0.696. The minimum atomic E-state index is -3.12. The number of carbonyl (C=O) groups is 1. The van der Waals surface area contributed by atoms with Crippen LogP contribution in [0.2, 0.25) is 0 Å². The average Bonchev–Trinajstić information content (AvgIpc) is 3.14. The summed E-state index contributed by atoms with van der Waals surface area (Å²) in [6, 6.07) is 7.88. The summed E-state index contributed by atoms with van der Waals surface area (Å²) >= 11 is 0. The Morgan fingerprint density at radius 1 is 1.10 bits per heavy atom. The number of nitrogens with zero attached hydrogens (tertiary/aromatic N) is 1. The molecule has 6 heteroatoms. The van der Waals surface area contributed by atoms with Gasteiger partial charge in [0.1, 0.15) is 5.75 Å². The second kappa shape index (κ2) is 9.07. The Balaban J connectivity index is 1.50. The van der Waals surface area contributed by atoms with Gasteiger partial charge >= 0.3 is 0 Å². The van der Waals surface area contributed by atoms with Crippen LogP contribution >= 0.6 is 0 Å². The van der Waals surface area contributed by atoms with Gasteiger partial charge in [-0.3, -0.25) is 4.79 Å². The zero-order valence-electron chi connectivity index (χ0n) is 18.0. The van der Waals surface area contributed by atoms with E-state index in [1.807, 2.05) is 29.2 Å². The Morgan fingerprint density at radius 2 is 1.76 bits per heavy atom. The van der Waals surface area contributed by atoms with Gasteiger partial charge in [0.25, 0.3) is 0 Å². The number of piperidine rings is 1. The van der Waals surface area contributed by atoms with Crippen LogP contribution in [-0.2, 0) is 21.1 Å². The number of hydrogen-bond acceptors (Lipinski definition) is 4. The molecule has 1 aliphatic carbocycles. The molecule has 2 aliphatic rings. The molecule has 2 fully saturated rings. The molecule has 1 heterocycles. The van der Waals surface area contributed by atoms with Crippen molar-refractivity contribution in [3.63, 3.8) is 0 Å². The Kier molecular flexibility index (Phi) is 6.92. The molecule has 1 amide bonds. The molecule has 1 aromatic carbocycles. The number of ether oxygens (including phenoxy) is 1. The fourth-order valence-corrected chi connectivity index (χ4v) is 5.58. The highest BCUT2D eigenvalue weighted by Gasteiger charge is 2.33. The number of hydrogen-bond donors (Lipinski definition) is 0. The molecule has 1 saturated heterocycles.